The van der Waals surface area contributed by atoms with Crippen molar-refractivity contribution in [3.05, 3.63) is 63.1 Å². The van der Waals surface area contributed by atoms with Gasteiger partial charge in [-0.1, -0.05) is 35.3 Å². The first-order valence-corrected chi connectivity index (χ1v) is 15.2. The Kier molecular flexibility index (Phi) is 16.7. The molecule has 5 N–H and O–H groups in total. The largest absolute Gasteiger partial charge is 0.490 e. The summed E-state index contributed by atoms with van der Waals surface area (Å²) in [6.45, 7) is 3.63. The van der Waals surface area contributed by atoms with Gasteiger partial charge in [0.05, 0.1) is 31.3 Å². The minimum atomic E-state index is -5.08. The lowest BCUT2D eigenvalue weighted by Gasteiger charge is -2.33. The Hall–Kier alpha value is -2.71. The summed E-state index contributed by atoms with van der Waals surface area (Å²) in [7, 11) is -1.66. The van der Waals surface area contributed by atoms with Crippen LogP contribution in [-0.2, 0) is 35.6 Å². The third kappa shape index (κ3) is 14.4. The van der Waals surface area contributed by atoms with Crippen LogP contribution in [0, 0.1) is 0 Å². The Morgan fingerprint density at radius 1 is 0.978 bits per heavy atom. The van der Waals surface area contributed by atoms with E-state index in [-0.39, 0.29) is 24.0 Å². The smallest absolute Gasteiger partial charge is 0.475 e. The third-order valence-electron chi connectivity index (χ3n) is 5.72. The SMILES string of the molecule is CN1Cc2c(Cl)cc(Cl)cc2[C@H](c2cccc(S(=O)(=O)NCCOCCOCCN)c2)C1.O=C(O)C(F)(F)F.O=C(O)C(F)(F)F. The molecule has 0 fully saturated rings. The van der Waals surface area contributed by atoms with Gasteiger partial charge in [-0.3, -0.25) is 0 Å². The molecule has 11 nitrogen and oxygen atoms in total. The van der Waals surface area contributed by atoms with Crippen molar-refractivity contribution in [3.8, 4) is 0 Å². The molecule has 1 aliphatic heterocycles. The number of aliphatic carboxylic acids is 2. The van der Waals surface area contributed by atoms with Gasteiger partial charge in [-0.2, -0.15) is 26.3 Å². The minimum absolute atomic E-state index is 0.0352. The molecule has 0 saturated carbocycles. The Morgan fingerprint density at radius 3 is 2.04 bits per heavy atom. The fourth-order valence-corrected chi connectivity index (χ4v) is 5.40. The molecule has 0 saturated heterocycles. The van der Waals surface area contributed by atoms with Crippen molar-refractivity contribution in [3.63, 3.8) is 0 Å². The lowest BCUT2D eigenvalue weighted by atomic mass is 9.85. The van der Waals surface area contributed by atoms with Gasteiger partial charge in [0.1, 0.15) is 0 Å². The third-order valence-corrected chi connectivity index (χ3v) is 7.74. The van der Waals surface area contributed by atoms with Crippen LogP contribution in [0.15, 0.2) is 41.3 Å². The van der Waals surface area contributed by atoms with E-state index in [2.05, 4.69) is 9.62 Å². The van der Waals surface area contributed by atoms with Crippen LogP contribution in [0.1, 0.15) is 22.6 Å². The minimum Gasteiger partial charge on any atom is -0.475 e. The number of likely N-dealkylation sites (N-methyl/N-ethyl adjacent to an activating group) is 1. The predicted molar refractivity (Wildman–Crippen MR) is 154 cm³/mol. The van der Waals surface area contributed by atoms with Crippen LogP contribution in [0.3, 0.4) is 0 Å². The highest BCUT2D eigenvalue weighted by atomic mass is 35.5. The van der Waals surface area contributed by atoms with Gasteiger partial charge in [-0.15, -0.1) is 0 Å². The van der Waals surface area contributed by atoms with Gasteiger partial charge in [0.15, 0.2) is 0 Å². The second-order valence-corrected chi connectivity index (χ2v) is 11.9. The normalized spacial score (nSPS) is 15.1. The number of alkyl halides is 6. The molecule has 0 bridgehead atoms. The van der Waals surface area contributed by atoms with Crippen LogP contribution >= 0.6 is 23.2 Å². The van der Waals surface area contributed by atoms with E-state index in [1.165, 1.54) is 0 Å². The van der Waals surface area contributed by atoms with Crippen molar-refractivity contribution >= 4 is 45.2 Å². The number of halogens is 8. The molecular weight excluding hydrogens is 699 g/mol. The Bertz CT molecular complexity index is 1390. The van der Waals surface area contributed by atoms with E-state index in [9.17, 15) is 34.8 Å². The Balaban J connectivity index is 0.000000629. The van der Waals surface area contributed by atoms with Crippen LogP contribution in [0.2, 0.25) is 10.0 Å². The summed E-state index contributed by atoms with van der Waals surface area (Å²) in [5.41, 5.74) is 8.29. The summed E-state index contributed by atoms with van der Waals surface area (Å²) < 4.78 is 102. The van der Waals surface area contributed by atoms with E-state index in [0.29, 0.717) is 36.4 Å². The molecule has 260 valence electrons. The molecule has 0 radical (unpaired) electrons. The lowest BCUT2D eigenvalue weighted by molar-refractivity contribution is -0.193. The van der Waals surface area contributed by atoms with E-state index in [1.807, 2.05) is 19.2 Å². The summed E-state index contributed by atoms with van der Waals surface area (Å²) in [6, 6.07) is 10.7. The van der Waals surface area contributed by atoms with Gasteiger partial charge in [-0.25, -0.2) is 22.7 Å². The van der Waals surface area contributed by atoms with Gasteiger partial charge < -0.3 is 30.3 Å². The molecule has 0 aromatic heterocycles. The summed E-state index contributed by atoms with van der Waals surface area (Å²) in [4.78, 5) is 20.2. The fraction of sp³-hybridized carbons (Fsp3) is 0.462. The first-order chi connectivity index (χ1) is 21.2. The zero-order valence-corrected chi connectivity index (χ0v) is 26.3. The average molecular weight is 731 g/mol. The molecule has 1 atom stereocenters. The van der Waals surface area contributed by atoms with Crippen LogP contribution in [0.25, 0.3) is 0 Å². The molecule has 20 heteroatoms. The highest BCUT2D eigenvalue weighted by molar-refractivity contribution is 7.89. The topological polar surface area (TPSA) is 168 Å². The number of nitrogens with two attached hydrogens (primary N) is 1. The summed E-state index contributed by atoms with van der Waals surface area (Å²) >= 11 is 12.7. The molecular formula is C26H31Cl2F6N3O8S. The number of carboxylic acids is 2. The molecule has 3 rings (SSSR count). The maximum absolute atomic E-state index is 12.8. The number of fused-ring (bicyclic) bond motifs is 1. The molecule has 46 heavy (non-hydrogen) atoms. The number of benzene rings is 2. The molecule has 1 aliphatic rings. The number of rotatable bonds is 11. The van der Waals surface area contributed by atoms with Crippen molar-refractivity contribution in [2.24, 2.45) is 5.73 Å². The molecule has 0 spiro atoms. The maximum Gasteiger partial charge on any atom is 0.490 e. The molecule has 2 aromatic rings. The molecule has 0 aliphatic carbocycles. The van der Waals surface area contributed by atoms with Crippen molar-refractivity contribution in [2.75, 3.05) is 53.1 Å². The number of sulfonamides is 1. The number of ether oxygens (including phenoxy) is 2. The number of hydrogen-bond donors (Lipinski definition) is 4. The fourth-order valence-electron chi connectivity index (χ4n) is 3.77. The van der Waals surface area contributed by atoms with E-state index in [1.54, 1.807) is 24.3 Å². The van der Waals surface area contributed by atoms with Crippen LogP contribution in [-0.4, -0.2) is 101 Å². The maximum atomic E-state index is 12.8. The van der Waals surface area contributed by atoms with Gasteiger partial charge in [0.2, 0.25) is 10.0 Å². The number of carbonyl (C=O) groups is 2. The number of nitrogens with one attached hydrogen (secondary N) is 1. The van der Waals surface area contributed by atoms with E-state index in [0.717, 1.165) is 29.8 Å². The molecule has 1 heterocycles. The van der Waals surface area contributed by atoms with Crippen LogP contribution in [0.5, 0.6) is 0 Å². The van der Waals surface area contributed by atoms with E-state index < -0.39 is 34.3 Å². The van der Waals surface area contributed by atoms with Gasteiger partial charge in [0, 0.05) is 42.1 Å². The Morgan fingerprint density at radius 2 is 1.52 bits per heavy atom. The van der Waals surface area contributed by atoms with Crippen LogP contribution < -0.4 is 10.5 Å². The van der Waals surface area contributed by atoms with Crippen molar-refractivity contribution < 1.29 is 64.0 Å². The highest BCUT2D eigenvalue weighted by Gasteiger charge is 2.39. The summed E-state index contributed by atoms with van der Waals surface area (Å²) in [6.07, 6.45) is -10.2. The second-order valence-electron chi connectivity index (χ2n) is 9.29. The highest BCUT2D eigenvalue weighted by Crippen LogP contribution is 2.38. The van der Waals surface area contributed by atoms with Gasteiger partial charge in [0.25, 0.3) is 0 Å². The molecule has 2 aromatic carbocycles. The quantitative estimate of drug-likeness (QED) is 0.195. The first kappa shape index (κ1) is 41.3. The number of carboxylic acid groups (broad SMARTS) is 2. The van der Waals surface area contributed by atoms with Crippen molar-refractivity contribution in [2.45, 2.75) is 29.7 Å². The Labute approximate surface area is 270 Å². The van der Waals surface area contributed by atoms with Crippen LogP contribution in [0.4, 0.5) is 26.3 Å². The number of hydrogen-bond acceptors (Lipinski definition) is 8. The second kappa shape index (κ2) is 18.6. The monoisotopic (exact) mass is 729 g/mol. The van der Waals surface area contributed by atoms with E-state index >= 15 is 0 Å². The summed E-state index contributed by atoms with van der Waals surface area (Å²) in [5.74, 6) is -5.55. The van der Waals surface area contributed by atoms with Gasteiger partial charge in [-0.05, 0) is 48.0 Å². The lowest BCUT2D eigenvalue weighted by Crippen LogP contribution is -2.31. The van der Waals surface area contributed by atoms with Crippen molar-refractivity contribution in [1.29, 1.82) is 0 Å². The summed E-state index contributed by atoms with van der Waals surface area (Å²) in [5, 5.41) is 15.4. The van der Waals surface area contributed by atoms with E-state index in [4.69, 9.17) is 58.2 Å². The van der Waals surface area contributed by atoms with Crippen molar-refractivity contribution in [1.82, 2.24) is 9.62 Å². The standard InChI is InChI=1S/C22H29Cl2N3O4S.2C2HF3O2/c1-27-14-20(19-12-17(23)13-22(24)21(19)15-27)16-3-2-4-18(11-16)32(28,29)26-6-8-31-10-9-30-7-5-25;2*3-2(4,5)1(6)7/h2-4,11-13,20,26H,5-10,14-15,25H2,1H3;2*(H,6,7)/t20-;;/m0../s1. The zero-order valence-electron chi connectivity index (χ0n) is 24.0. The zero-order chi connectivity index (χ0) is 35.3. The average Bonchev–Trinajstić information content (AvgIpc) is 2.94. The number of nitrogens with zero attached hydrogens (tertiary/aromatic N) is 1. The van der Waals surface area contributed by atoms with Gasteiger partial charge >= 0.3 is 24.3 Å². The molecule has 0 amide bonds. The first-order valence-electron chi connectivity index (χ1n) is 12.9. The predicted octanol–water partition coefficient (Wildman–Crippen LogP) is 4.11. The molecule has 0 unspecified atom stereocenters.